The molecule has 18 heavy (non-hydrogen) atoms. The fourth-order valence-electron chi connectivity index (χ4n) is 3.32. The number of rotatable bonds is 5. The van der Waals surface area contributed by atoms with Crippen molar-refractivity contribution in [3.8, 4) is 0 Å². The van der Waals surface area contributed by atoms with Gasteiger partial charge in [-0.2, -0.15) is 0 Å². The van der Waals surface area contributed by atoms with Crippen LogP contribution < -0.4 is 5.32 Å². The molecule has 1 heterocycles. The van der Waals surface area contributed by atoms with Gasteiger partial charge in [-0.1, -0.05) is 24.4 Å². The van der Waals surface area contributed by atoms with E-state index in [0.29, 0.717) is 11.6 Å². The molecule has 2 rings (SSSR count). The Balaban J connectivity index is 2.16. The number of hydrogen-bond donors (Lipinski definition) is 1. The van der Waals surface area contributed by atoms with Crippen LogP contribution in [0.4, 0.5) is 0 Å². The van der Waals surface area contributed by atoms with Crippen molar-refractivity contribution in [2.75, 3.05) is 21.1 Å². The average Bonchev–Trinajstić information content (AvgIpc) is 2.95. The Morgan fingerprint density at radius 1 is 1.39 bits per heavy atom. The molecule has 2 nitrogen and oxygen atoms in total. The first kappa shape index (κ1) is 14.3. The van der Waals surface area contributed by atoms with E-state index in [1.54, 1.807) is 11.3 Å². The Labute approximate surface area is 119 Å². The van der Waals surface area contributed by atoms with Crippen LogP contribution in [-0.4, -0.2) is 37.6 Å². The molecule has 0 aromatic carbocycles. The van der Waals surface area contributed by atoms with Gasteiger partial charge in [-0.15, -0.1) is 11.3 Å². The largest absolute Gasteiger partial charge is 0.315 e. The molecule has 1 N–H and O–H groups in total. The molecule has 0 spiro atoms. The Bertz CT molecular complexity index is 383. The molecule has 1 aliphatic rings. The van der Waals surface area contributed by atoms with Crippen molar-refractivity contribution < 1.29 is 0 Å². The van der Waals surface area contributed by atoms with E-state index in [-0.39, 0.29) is 0 Å². The lowest BCUT2D eigenvalue weighted by Gasteiger charge is -2.43. The number of nitrogens with zero attached hydrogens (tertiary/aromatic N) is 1. The first-order valence-electron chi connectivity index (χ1n) is 6.67. The van der Waals surface area contributed by atoms with Gasteiger partial charge in [0.1, 0.15) is 0 Å². The Hall–Kier alpha value is -0.0900. The van der Waals surface area contributed by atoms with Crippen LogP contribution in [0.5, 0.6) is 0 Å². The lowest BCUT2D eigenvalue weighted by molar-refractivity contribution is 0.109. The summed E-state index contributed by atoms with van der Waals surface area (Å²) in [5.41, 5.74) is 0.311. The summed E-state index contributed by atoms with van der Waals surface area (Å²) < 4.78 is 0.894. The molecular weight excluding hydrogens is 264 g/mol. The zero-order valence-electron chi connectivity index (χ0n) is 11.5. The molecule has 1 fully saturated rings. The van der Waals surface area contributed by atoms with Crippen molar-refractivity contribution in [2.45, 2.75) is 43.7 Å². The SMILES string of the molecule is CNC(Cc1ccc(Cl)s1)C1(N(C)C)CCCC1. The van der Waals surface area contributed by atoms with Gasteiger partial charge in [-0.25, -0.2) is 0 Å². The molecule has 1 aromatic rings. The Morgan fingerprint density at radius 2 is 2.06 bits per heavy atom. The van der Waals surface area contributed by atoms with Gasteiger partial charge in [0.15, 0.2) is 0 Å². The zero-order valence-corrected chi connectivity index (χ0v) is 13.1. The average molecular weight is 287 g/mol. The van der Waals surface area contributed by atoms with Gasteiger partial charge < -0.3 is 10.2 Å². The second-order valence-corrected chi connectivity index (χ2v) is 7.26. The van der Waals surface area contributed by atoms with Gasteiger partial charge in [-0.05, 0) is 52.5 Å². The Morgan fingerprint density at radius 3 is 2.50 bits per heavy atom. The van der Waals surface area contributed by atoms with Crippen molar-refractivity contribution in [1.29, 1.82) is 0 Å². The van der Waals surface area contributed by atoms with E-state index < -0.39 is 0 Å². The van der Waals surface area contributed by atoms with Crippen molar-refractivity contribution in [2.24, 2.45) is 0 Å². The van der Waals surface area contributed by atoms with Gasteiger partial charge in [-0.3, -0.25) is 0 Å². The van der Waals surface area contributed by atoms with Crippen LogP contribution in [0.1, 0.15) is 30.6 Å². The summed E-state index contributed by atoms with van der Waals surface area (Å²) in [6.45, 7) is 0. The van der Waals surface area contributed by atoms with E-state index in [4.69, 9.17) is 11.6 Å². The highest BCUT2D eigenvalue weighted by Crippen LogP contribution is 2.38. The minimum atomic E-state index is 0.311. The van der Waals surface area contributed by atoms with E-state index in [9.17, 15) is 0 Å². The number of nitrogens with one attached hydrogen (secondary N) is 1. The van der Waals surface area contributed by atoms with Gasteiger partial charge in [0.05, 0.1) is 4.34 Å². The molecule has 1 aromatic heterocycles. The fraction of sp³-hybridized carbons (Fsp3) is 0.714. The second-order valence-electron chi connectivity index (χ2n) is 5.46. The summed E-state index contributed by atoms with van der Waals surface area (Å²) in [4.78, 5) is 3.81. The van der Waals surface area contributed by atoms with Gasteiger partial charge in [0, 0.05) is 16.5 Å². The minimum absolute atomic E-state index is 0.311. The van der Waals surface area contributed by atoms with Gasteiger partial charge in [0.2, 0.25) is 0 Å². The summed E-state index contributed by atoms with van der Waals surface area (Å²) in [6.07, 6.45) is 6.37. The van der Waals surface area contributed by atoms with E-state index in [1.807, 2.05) is 6.07 Å². The maximum Gasteiger partial charge on any atom is 0.0931 e. The molecule has 4 heteroatoms. The van der Waals surface area contributed by atoms with Crippen LogP contribution in [0.2, 0.25) is 4.34 Å². The van der Waals surface area contributed by atoms with E-state index in [1.165, 1.54) is 30.6 Å². The van der Waals surface area contributed by atoms with Crippen LogP contribution >= 0.6 is 22.9 Å². The first-order valence-corrected chi connectivity index (χ1v) is 7.87. The second kappa shape index (κ2) is 5.91. The molecule has 0 amide bonds. The molecule has 0 radical (unpaired) electrons. The number of hydrogen-bond acceptors (Lipinski definition) is 3. The fourth-order valence-corrected chi connectivity index (χ4v) is 4.45. The lowest BCUT2D eigenvalue weighted by atomic mass is 9.84. The van der Waals surface area contributed by atoms with Crippen LogP contribution in [0.15, 0.2) is 12.1 Å². The molecule has 0 bridgehead atoms. The third-order valence-electron chi connectivity index (χ3n) is 4.39. The summed E-state index contributed by atoms with van der Waals surface area (Å²) in [6, 6.07) is 4.67. The smallest absolute Gasteiger partial charge is 0.0931 e. The summed E-state index contributed by atoms with van der Waals surface area (Å²) in [7, 11) is 6.53. The van der Waals surface area contributed by atoms with E-state index in [2.05, 4.69) is 37.4 Å². The topological polar surface area (TPSA) is 15.3 Å². The van der Waals surface area contributed by atoms with Gasteiger partial charge >= 0.3 is 0 Å². The number of thiophene rings is 1. The molecule has 1 atom stereocenters. The third kappa shape index (κ3) is 2.74. The van der Waals surface area contributed by atoms with Crippen molar-refractivity contribution in [3.63, 3.8) is 0 Å². The first-order chi connectivity index (χ1) is 8.58. The van der Waals surface area contributed by atoms with E-state index in [0.717, 1.165) is 10.8 Å². The quantitative estimate of drug-likeness (QED) is 0.892. The van der Waals surface area contributed by atoms with E-state index >= 15 is 0 Å². The highest BCUT2D eigenvalue weighted by atomic mass is 35.5. The number of halogens is 1. The Kier molecular flexibility index (Phi) is 4.70. The van der Waals surface area contributed by atoms with Crippen LogP contribution in [0.25, 0.3) is 0 Å². The molecule has 0 aliphatic heterocycles. The summed E-state index contributed by atoms with van der Waals surface area (Å²) in [5.74, 6) is 0. The zero-order chi connectivity index (χ0) is 13.2. The molecule has 102 valence electrons. The lowest BCUT2D eigenvalue weighted by Crippen LogP contribution is -2.57. The molecular formula is C14H23ClN2S. The predicted molar refractivity (Wildman–Crippen MR) is 80.8 cm³/mol. The monoisotopic (exact) mass is 286 g/mol. The highest BCUT2D eigenvalue weighted by molar-refractivity contribution is 7.16. The number of likely N-dealkylation sites (N-methyl/N-ethyl adjacent to an activating group) is 2. The molecule has 1 unspecified atom stereocenters. The normalized spacial score (nSPS) is 20.5. The summed E-state index contributed by atoms with van der Waals surface area (Å²) in [5, 5.41) is 3.55. The van der Waals surface area contributed by atoms with Gasteiger partial charge in [0.25, 0.3) is 0 Å². The highest BCUT2D eigenvalue weighted by Gasteiger charge is 2.42. The minimum Gasteiger partial charge on any atom is -0.315 e. The van der Waals surface area contributed by atoms with Crippen LogP contribution in [-0.2, 0) is 6.42 Å². The molecule has 0 saturated heterocycles. The van der Waals surface area contributed by atoms with Crippen molar-refractivity contribution in [3.05, 3.63) is 21.3 Å². The van der Waals surface area contributed by atoms with Crippen molar-refractivity contribution >= 4 is 22.9 Å². The van der Waals surface area contributed by atoms with Crippen LogP contribution in [0.3, 0.4) is 0 Å². The molecule has 1 saturated carbocycles. The summed E-state index contributed by atoms with van der Waals surface area (Å²) >= 11 is 7.74. The maximum atomic E-state index is 6.03. The predicted octanol–water partition coefficient (Wildman–Crippen LogP) is 3.41. The van der Waals surface area contributed by atoms with Crippen LogP contribution in [0, 0.1) is 0 Å². The molecule has 1 aliphatic carbocycles. The standard InChI is InChI=1S/C14H23ClN2S/c1-16-12(10-11-6-7-13(15)18-11)14(17(2)3)8-4-5-9-14/h6-7,12,16H,4-5,8-10H2,1-3H3. The maximum absolute atomic E-state index is 6.03. The third-order valence-corrected chi connectivity index (χ3v) is 5.64. The van der Waals surface area contributed by atoms with Crippen molar-refractivity contribution in [1.82, 2.24) is 10.2 Å².